The predicted molar refractivity (Wildman–Crippen MR) is 83.9 cm³/mol. The molecule has 0 spiro atoms. The Morgan fingerprint density at radius 2 is 1.89 bits per heavy atom. The van der Waals surface area contributed by atoms with Crippen molar-refractivity contribution in [3.05, 3.63) is 34.3 Å². The lowest BCUT2D eigenvalue weighted by Crippen LogP contribution is -2.32. The second-order valence-electron chi connectivity index (χ2n) is 5.07. The molecule has 0 aliphatic carbocycles. The lowest BCUT2D eigenvalue weighted by molar-refractivity contribution is -0.135. The molecule has 0 fully saturated rings. The van der Waals surface area contributed by atoms with Gasteiger partial charge in [0.1, 0.15) is 0 Å². The highest BCUT2D eigenvalue weighted by atomic mass is 79.9. The molecule has 0 saturated heterocycles. The third kappa shape index (κ3) is 5.35. The van der Waals surface area contributed by atoms with Gasteiger partial charge >= 0.3 is 0 Å². The number of amides is 1. The minimum atomic E-state index is 0.181. The quantitative estimate of drug-likeness (QED) is 0.716. The summed E-state index contributed by atoms with van der Waals surface area (Å²) in [7, 11) is 1.90. The topological polar surface area (TPSA) is 20.3 Å². The van der Waals surface area contributed by atoms with Crippen LogP contribution < -0.4 is 0 Å². The number of carbonyl (C=O) groups excluding carboxylic acids is 1. The van der Waals surface area contributed by atoms with E-state index in [1.54, 1.807) is 0 Å². The molecule has 1 aromatic carbocycles. The SMILES string of the molecule is CCCCC(CC)C(=O)N(C)Cc1ccc(Br)cc1. The van der Waals surface area contributed by atoms with E-state index in [4.69, 9.17) is 0 Å². The van der Waals surface area contributed by atoms with Crippen molar-refractivity contribution in [3.8, 4) is 0 Å². The normalized spacial score (nSPS) is 12.2. The standard InChI is InChI=1S/C16H24BrNO/c1-4-6-7-14(5-2)16(19)18(3)12-13-8-10-15(17)11-9-13/h8-11,14H,4-7,12H2,1-3H3. The van der Waals surface area contributed by atoms with Crippen molar-refractivity contribution in [1.82, 2.24) is 4.90 Å². The molecule has 1 amide bonds. The Balaban J connectivity index is 2.57. The Morgan fingerprint density at radius 1 is 1.26 bits per heavy atom. The van der Waals surface area contributed by atoms with Crippen LogP contribution in [0.4, 0.5) is 0 Å². The number of rotatable bonds is 7. The molecule has 3 heteroatoms. The Kier molecular flexibility index (Phi) is 7.14. The molecule has 2 nitrogen and oxygen atoms in total. The van der Waals surface area contributed by atoms with Crippen LogP contribution in [0, 0.1) is 5.92 Å². The fourth-order valence-corrected chi connectivity index (χ4v) is 2.47. The summed E-state index contributed by atoms with van der Waals surface area (Å²) >= 11 is 3.42. The molecule has 0 saturated carbocycles. The van der Waals surface area contributed by atoms with E-state index in [2.05, 4.69) is 41.9 Å². The van der Waals surface area contributed by atoms with Gasteiger partial charge in [0.15, 0.2) is 0 Å². The van der Waals surface area contributed by atoms with Crippen LogP contribution in [0.2, 0.25) is 0 Å². The van der Waals surface area contributed by atoms with Gasteiger partial charge in [-0.1, -0.05) is 54.8 Å². The highest BCUT2D eigenvalue weighted by molar-refractivity contribution is 9.10. The second-order valence-corrected chi connectivity index (χ2v) is 5.98. The maximum atomic E-state index is 12.4. The molecule has 0 N–H and O–H groups in total. The van der Waals surface area contributed by atoms with Gasteiger partial charge in [0.25, 0.3) is 0 Å². The van der Waals surface area contributed by atoms with E-state index in [1.165, 1.54) is 5.56 Å². The van der Waals surface area contributed by atoms with E-state index in [-0.39, 0.29) is 11.8 Å². The molecule has 1 unspecified atom stereocenters. The summed E-state index contributed by atoms with van der Waals surface area (Å²) in [5, 5.41) is 0. The first-order valence-corrected chi connectivity index (χ1v) is 7.87. The van der Waals surface area contributed by atoms with Gasteiger partial charge in [0, 0.05) is 24.0 Å². The molecule has 0 aromatic heterocycles. The van der Waals surface area contributed by atoms with Crippen molar-refractivity contribution in [3.63, 3.8) is 0 Å². The Morgan fingerprint density at radius 3 is 2.42 bits per heavy atom. The zero-order valence-corrected chi connectivity index (χ0v) is 13.7. The summed E-state index contributed by atoms with van der Waals surface area (Å²) in [4.78, 5) is 14.2. The summed E-state index contributed by atoms with van der Waals surface area (Å²) < 4.78 is 1.07. The summed E-state index contributed by atoms with van der Waals surface area (Å²) in [6.45, 7) is 4.96. The highest BCUT2D eigenvalue weighted by Gasteiger charge is 2.19. The molecule has 1 rings (SSSR count). The first kappa shape index (κ1) is 16.2. The van der Waals surface area contributed by atoms with Crippen LogP contribution in [0.15, 0.2) is 28.7 Å². The number of nitrogens with zero attached hydrogens (tertiary/aromatic N) is 1. The Bertz CT molecular complexity index is 388. The van der Waals surface area contributed by atoms with E-state index in [9.17, 15) is 4.79 Å². The summed E-state index contributed by atoms with van der Waals surface area (Å²) in [5.74, 6) is 0.458. The maximum Gasteiger partial charge on any atom is 0.225 e. The smallest absolute Gasteiger partial charge is 0.225 e. The summed E-state index contributed by atoms with van der Waals surface area (Å²) in [5.41, 5.74) is 1.17. The second kappa shape index (κ2) is 8.36. The van der Waals surface area contributed by atoms with Gasteiger partial charge in [-0.2, -0.15) is 0 Å². The third-order valence-corrected chi connectivity index (χ3v) is 3.99. The fraction of sp³-hybridized carbons (Fsp3) is 0.562. The average Bonchev–Trinajstić information content (AvgIpc) is 2.42. The van der Waals surface area contributed by atoms with Crippen molar-refractivity contribution in [2.75, 3.05) is 7.05 Å². The van der Waals surface area contributed by atoms with E-state index in [0.717, 1.165) is 30.2 Å². The van der Waals surface area contributed by atoms with Crippen LogP contribution >= 0.6 is 15.9 Å². The van der Waals surface area contributed by atoms with Gasteiger partial charge in [-0.25, -0.2) is 0 Å². The van der Waals surface area contributed by atoms with Gasteiger partial charge in [-0.05, 0) is 30.5 Å². The number of unbranched alkanes of at least 4 members (excludes halogenated alkanes) is 1. The molecule has 0 heterocycles. The number of halogens is 1. The molecule has 1 atom stereocenters. The van der Waals surface area contributed by atoms with Gasteiger partial charge < -0.3 is 4.90 Å². The van der Waals surface area contributed by atoms with Crippen molar-refractivity contribution in [1.29, 1.82) is 0 Å². The summed E-state index contributed by atoms with van der Waals surface area (Å²) in [6.07, 6.45) is 4.23. The van der Waals surface area contributed by atoms with Crippen LogP contribution in [-0.4, -0.2) is 17.9 Å². The molecule has 0 aliphatic rings. The third-order valence-electron chi connectivity index (χ3n) is 3.46. The molecule has 19 heavy (non-hydrogen) atoms. The number of benzene rings is 1. The molecule has 0 radical (unpaired) electrons. The lowest BCUT2D eigenvalue weighted by atomic mass is 9.98. The monoisotopic (exact) mass is 325 g/mol. The van der Waals surface area contributed by atoms with Crippen LogP contribution in [0.25, 0.3) is 0 Å². The van der Waals surface area contributed by atoms with Crippen molar-refractivity contribution >= 4 is 21.8 Å². The van der Waals surface area contributed by atoms with E-state index >= 15 is 0 Å². The molecule has 106 valence electrons. The van der Waals surface area contributed by atoms with Gasteiger partial charge in [0.2, 0.25) is 5.91 Å². The number of hydrogen-bond acceptors (Lipinski definition) is 1. The van der Waals surface area contributed by atoms with Crippen molar-refractivity contribution < 1.29 is 4.79 Å². The molecule has 0 aliphatic heterocycles. The largest absolute Gasteiger partial charge is 0.341 e. The van der Waals surface area contributed by atoms with Gasteiger partial charge in [-0.3, -0.25) is 4.79 Å². The first-order valence-electron chi connectivity index (χ1n) is 7.07. The van der Waals surface area contributed by atoms with E-state index in [0.29, 0.717) is 6.54 Å². The molecular weight excluding hydrogens is 302 g/mol. The van der Waals surface area contributed by atoms with Crippen LogP contribution in [0.5, 0.6) is 0 Å². The maximum absolute atomic E-state index is 12.4. The Labute approximate surface area is 125 Å². The molecular formula is C16H24BrNO. The minimum absolute atomic E-state index is 0.181. The Hall–Kier alpha value is -0.830. The average molecular weight is 326 g/mol. The number of carbonyl (C=O) groups is 1. The highest BCUT2D eigenvalue weighted by Crippen LogP contribution is 2.17. The van der Waals surface area contributed by atoms with E-state index in [1.807, 2.05) is 24.1 Å². The van der Waals surface area contributed by atoms with E-state index < -0.39 is 0 Å². The van der Waals surface area contributed by atoms with Gasteiger partial charge in [-0.15, -0.1) is 0 Å². The lowest BCUT2D eigenvalue weighted by Gasteiger charge is -2.23. The van der Waals surface area contributed by atoms with Crippen LogP contribution in [0.3, 0.4) is 0 Å². The number of hydrogen-bond donors (Lipinski definition) is 0. The first-order chi connectivity index (χ1) is 9.08. The van der Waals surface area contributed by atoms with Crippen molar-refractivity contribution in [2.45, 2.75) is 46.1 Å². The zero-order valence-electron chi connectivity index (χ0n) is 12.2. The van der Waals surface area contributed by atoms with Crippen LogP contribution in [0.1, 0.15) is 45.1 Å². The van der Waals surface area contributed by atoms with Crippen molar-refractivity contribution in [2.24, 2.45) is 5.92 Å². The zero-order chi connectivity index (χ0) is 14.3. The molecule has 1 aromatic rings. The summed E-state index contributed by atoms with van der Waals surface area (Å²) in [6, 6.07) is 8.14. The minimum Gasteiger partial charge on any atom is -0.341 e. The van der Waals surface area contributed by atoms with Gasteiger partial charge in [0.05, 0.1) is 0 Å². The van der Waals surface area contributed by atoms with Crippen LogP contribution in [-0.2, 0) is 11.3 Å². The fourth-order valence-electron chi connectivity index (χ4n) is 2.21. The molecule has 0 bridgehead atoms. The predicted octanol–water partition coefficient (Wildman–Crippen LogP) is 4.62.